The van der Waals surface area contributed by atoms with E-state index in [0.717, 1.165) is 9.35 Å². The number of carbonyl (C=O) groups excluding carboxylic acids is 1. The van der Waals surface area contributed by atoms with Crippen LogP contribution in [0.4, 0.5) is 4.79 Å². The third-order valence-corrected chi connectivity index (χ3v) is 2.94. The maximum Gasteiger partial charge on any atom is 0.312 e. The Morgan fingerprint density at radius 2 is 2.50 bits per heavy atom. The Morgan fingerprint density at radius 1 is 1.75 bits per heavy atom. The fourth-order valence-electron chi connectivity index (χ4n) is 0.555. The molecule has 12 heavy (non-hydrogen) atoms. The molecule has 0 aliphatic heterocycles. The van der Waals surface area contributed by atoms with Gasteiger partial charge in [0.1, 0.15) is 5.01 Å². The zero-order valence-corrected chi connectivity index (χ0v) is 8.04. The van der Waals surface area contributed by atoms with Crippen molar-refractivity contribution in [1.29, 1.82) is 0 Å². The number of hydrogen-bond acceptors (Lipinski definition) is 5. The first-order chi connectivity index (χ1) is 5.72. The van der Waals surface area contributed by atoms with Crippen LogP contribution in [0.5, 0.6) is 0 Å². The van der Waals surface area contributed by atoms with Crippen LogP contribution in [0.25, 0.3) is 0 Å². The lowest BCUT2D eigenvalue weighted by Crippen LogP contribution is -2.28. The van der Waals surface area contributed by atoms with Gasteiger partial charge in [-0.25, -0.2) is 4.79 Å². The Hall–Kier alpha value is -0.820. The fraction of sp³-hybridized carbons (Fsp3) is 0.400. The lowest BCUT2D eigenvalue weighted by atomic mass is 10.7. The van der Waals surface area contributed by atoms with Crippen molar-refractivity contribution in [1.82, 2.24) is 15.5 Å². The summed E-state index contributed by atoms with van der Waals surface area (Å²) in [4.78, 5) is 10.3. The molecule has 1 heterocycles. The van der Waals surface area contributed by atoms with E-state index in [0.29, 0.717) is 6.54 Å². The molecule has 0 aliphatic rings. The summed E-state index contributed by atoms with van der Waals surface area (Å²) < 4.78 is 0.885. The SMILES string of the molecule is CSc1nnc(CNC(N)=O)s1. The van der Waals surface area contributed by atoms with Gasteiger partial charge in [-0.05, 0) is 6.26 Å². The number of carbonyl (C=O) groups is 1. The molecule has 1 rings (SSSR count). The minimum Gasteiger partial charge on any atom is -0.352 e. The molecular formula is C5H8N4OS2. The lowest BCUT2D eigenvalue weighted by molar-refractivity contribution is 0.248. The van der Waals surface area contributed by atoms with Crippen molar-refractivity contribution in [2.75, 3.05) is 6.26 Å². The second kappa shape index (κ2) is 4.27. The number of aromatic nitrogens is 2. The van der Waals surface area contributed by atoms with Crippen LogP contribution >= 0.6 is 23.1 Å². The highest BCUT2D eigenvalue weighted by Crippen LogP contribution is 2.18. The minimum absolute atomic E-state index is 0.355. The number of nitrogens with one attached hydrogen (secondary N) is 1. The van der Waals surface area contributed by atoms with Gasteiger partial charge in [0.05, 0.1) is 6.54 Å². The topological polar surface area (TPSA) is 80.9 Å². The number of thioether (sulfide) groups is 1. The second-order valence-corrected chi connectivity index (χ2v) is 4.00. The molecule has 0 spiro atoms. The summed E-state index contributed by atoms with van der Waals surface area (Å²) in [7, 11) is 0. The summed E-state index contributed by atoms with van der Waals surface area (Å²) >= 11 is 2.97. The van der Waals surface area contributed by atoms with Crippen molar-refractivity contribution in [2.45, 2.75) is 10.9 Å². The summed E-state index contributed by atoms with van der Waals surface area (Å²) in [5, 5.41) is 10.9. The summed E-state index contributed by atoms with van der Waals surface area (Å²) in [5.74, 6) is 0. The quantitative estimate of drug-likeness (QED) is 0.699. The number of urea groups is 1. The average Bonchev–Trinajstić information content (AvgIpc) is 2.48. The van der Waals surface area contributed by atoms with E-state index in [9.17, 15) is 4.79 Å². The van der Waals surface area contributed by atoms with E-state index in [1.54, 1.807) is 0 Å². The van der Waals surface area contributed by atoms with Crippen molar-refractivity contribution in [3.63, 3.8) is 0 Å². The number of hydrogen-bond donors (Lipinski definition) is 2. The normalized spacial score (nSPS) is 9.75. The number of amides is 2. The monoisotopic (exact) mass is 204 g/mol. The number of rotatable bonds is 3. The van der Waals surface area contributed by atoms with Crippen LogP contribution in [0.2, 0.25) is 0 Å². The van der Waals surface area contributed by atoms with Crippen LogP contribution in [0, 0.1) is 0 Å². The molecule has 5 nitrogen and oxygen atoms in total. The van der Waals surface area contributed by atoms with Gasteiger partial charge < -0.3 is 11.1 Å². The molecule has 0 radical (unpaired) electrons. The first-order valence-corrected chi connectivity index (χ1v) is 5.16. The van der Waals surface area contributed by atoms with Gasteiger partial charge in [0.25, 0.3) is 0 Å². The highest BCUT2D eigenvalue weighted by atomic mass is 32.2. The molecule has 1 aromatic rings. The van der Waals surface area contributed by atoms with Crippen molar-refractivity contribution in [2.24, 2.45) is 5.73 Å². The molecule has 7 heteroatoms. The first kappa shape index (κ1) is 9.27. The molecule has 66 valence electrons. The van der Waals surface area contributed by atoms with Gasteiger partial charge in [0.15, 0.2) is 4.34 Å². The first-order valence-electron chi connectivity index (χ1n) is 3.12. The van der Waals surface area contributed by atoms with Crippen LogP contribution in [-0.2, 0) is 6.54 Å². The maximum atomic E-state index is 10.3. The highest BCUT2D eigenvalue weighted by Gasteiger charge is 2.02. The predicted octanol–water partition coefficient (Wildman–Crippen LogP) is 0.428. The molecule has 0 saturated heterocycles. The van der Waals surface area contributed by atoms with Gasteiger partial charge in [-0.3, -0.25) is 0 Å². The number of primary amides is 1. The van der Waals surface area contributed by atoms with Gasteiger partial charge in [0, 0.05) is 0 Å². The standard InChI is InChI=1S/C5H8N4OS2/c1-11-5-9-8-3(12-5)2-7-4(6)10/h2H2,1H3,(H3,6,7,10). The van der Waals surface area contributed by atoms with E-state index in [2.05, 4.69) is 15.5 Å². The van der Waals surface area contributed by atoms with Crippen LogP contribution in [0.15, 0.2) is 4.34 Å². The molecule has 0 saturated carbocycles. The van der Waals surface area contributed by atoms with E-state index < -0.39 is 6.03 Å². The number of nitrogens with zero attached hydrogens (tertiary/aromatic N) is 2. The minimum atomic E-state index is -0.545. The van der Waals surface area contributed by atoms with Crippen molar-refractivity contribution in [3.05, 3.63) is 5.01 Å². The Labute approximate surface area is 77.7 Å². The van der Waals surface area contributed by atoms with Crippen LogP contribution in [0.3, 0.4) is 0 Å². The highest BCUT2D eigenvalue weighted by molar-refractivity contribution is 8.00. The lowest BCUT2D eigenvalue weighted by Gasteiger charge is -1.94. The smallest absolute Gasteiger partial charge is 0.312 e. The van der Waals surface area contributed by atoms with Crippen LogP contribution in [-0.4, -0.2) is 22.5 Å². The molecule has 0 fully saturated rings. The van der Waals surface area contributed by atoms with Crippen molar-refractivity contribution in [3.8, 4) is 0 Å². The second-order valence-electron chi connectivity index (χ2n) is 1.88. The molecule has 2 amide bonds. The zero-order chi connectivity index (χ0) is 8.97. The third-order valence-electron chi connectivity index (χ3n) is 1.04. The average molecular weight is 204 g/mol. The number of nitrogens with two attached hydrogens (primary N) is 1. The van der Waals surface area contributed by atoms with Crippen molar-refractivity contribution < 1.29 is 4.79 Å². The molecule has 0 aromatic carbocycles. The van der Waals surface area contributed by atoms with E-state index in [-0.39, 0.29) is 0 Å². The zero-order valence-electron chi connectivity index (χ0n) is 6.40. The predicted molar refractivity (Wildman–Crippen MR) is 48.1 cm³/mol. The van der Waals surface area contributed by atoms with Crippen LogP contribution in [0.1, 0.15) is 5.01 Å². The summed E-state index contributed by atoms with van der Waals surface area (Å²) in [6.07, 6.45) is 1.92. The van der Waals surface area contributed by atoms with E-state index >= 15 is 0 Å². The summed E-state index contributed by atoms with van der Waals surface area (Å²) in [6, 6.07) is -0.545. The van der Waals surface area contributed by atoms with E-state index in [1.165, 1.54) is 23.1 Å². The summed E-state index contributed by atoms with van der Waals surface area (Å²) in [5.41, 5.74) is 4.88. The fourth-order valence-corrected chi connectivity index (χ4v) is 1.81. The maximum absolute atomic E-state index is 10.3. The molecule has 0 atom stereocenters. The van der Waals surface area contributed by atoms with E-state index in [4.69, 9.17) is 5.73 Å². The molecule has 1 aromatic heterocycles. The van der Waals surface area contributed by atoms with Crippen LogP contribution < -0.4 is 11.1 Å². The van der Waals surface area contributed by atoms with E-state index in [1.807, 2.05) is 6.26 Å². The Kier molecular flexibility index (Phi) is 3.30. The summed E-state index contributed by atoms with van der Waals surface area (Å²) in [6.45, 7) is 0.355. The third kappa shape index (κ3) is 2.67. The molecule has 0 aliphatic carbocycles. The van der Waals surface area contributed by atoms with Gasteiger partial charge >= 0.3 is 6.03 Å². The Morgan fingerprint density at radius 3 is 3.00 bits per heavy atom. The van der Waals surface area contributed by atoms with Gasteiger partial charge in [-0.2, -0.15) is 0 Å². The van der Waals surface area contributed by atoms with Gasteiger partial charge in [-0.1, -0.05) is 23.1 Å². The Bertz CT molecular complexity index is 274. The molecule has 3 N–H and O–H groups in total. The largest absolute Gasteiger partial charge is 0.352 e. The molecule has 0 bridgehead atoms. The molecular weight excluding hydrogens is 196 g/mol. The Balaban J connectivity index is 2.47. The van der Waals surface area contributed by atoms with Crippen molar-refractivity contribution >= 4 is 29.1 Å². The van der Waals surface area contributed by atoms with Gasteiger partial charge in [0.2, 0.25) is 0 Å². The van der Waals surface area contributed by atoms with Gasteiger partial charge in [-0.15, -0.1) is 10.2 Å². The molecule has 0 unspecified atom stereocenters.